The first-order chi connectivity index (χ1) is 6.20. The lowest BCUT2D eigenvalue weighted by Gasteiger charge is -2.33. The molecule has 0 radical (unpaired) electrons. The van der Waals surface area contributed by atoms with E-state index < -0.39 is 0 Å². The van der Waals surface area contributed by atoms with Gasteiger partial charge in [0.15, 0.2) is 0 Å². The van der Waals surface area contributed by atoms with E-state index in [9.17, 15) is 0 Å². The lowest BCUT2D eigenvalue weighted by molar-refractivity contribution is 0.505. The molecule has 1 rings (SSSR count). The van der Waals surface area contributed by atoms with E-state index >= 15 is 0 Å². The zero-order valence-corrected chi connectivity index (χ0v) is 10.3. The molecule has 0 heterocycles. The molecule has 0 nitrogen and oxygen atoms in total. The Kier molecular flexibility index (Phi) is 4.64. The SMILES string of the molecule is CCC(C)(CC)SC1CCCCC1. The van der Waals surface area contributed by atoms with Crippen molar-refractivity contribution in [1.82, 2.24) is 0 Å². The highest BCUT2D eigenvalue weighted by Crippen LogP contribution is 2.40. The van der Waals surface area contributed by atoms with E-state index in [1.807, 2.05) is 0 Å². The fraction of sp³-hybridized carbons (Fsp3) is 1.00. The van der Waals surface area contributed by atoms with E-state index in [-0.39, 0.29) is 0 Å². The maximum atomic E-state index is 2.44. The van der Waals surface area contributed by atoms with E-state index in [0.717, 1.165) is 5.25 Å². The predicted octanol–water partition coefficient (Wildman–Crippen LogP) is 4.63. The summed E-state index contributed by atoms with van der Waals surface area (Å²) < 4.78 is 0.558. The van der Waals surface area contributed by atoms with Gasteiger partial charge in [0.2, 0.25) is 0 Å². The van der Waals surface area contributed by atoms with Gasteiger partial charge in [-0.05, 0) is 25.7 Å². The molecule has 0 N–H and O–H groups in total. The summed E-state index contributed by atoms with van der Waals surface area (Å²) in [4.78, 5) is 0. The smallest absolute Gasteiger partial charge is 0.0129 e. The molecule has 1 saturated carbocycles. The first kappa shape index (κ1) is 11.4. The van der Waals surface area contributed by atoms with Crippen molar-refractivity contribution in [3.8, 4) is 0 Å². The van der Waals surface area contributed by atoms with E-state index in [2.05, 4.69) is 32.5 Å². The monoisotopic (exact) mass is 200 g/mol. The fourth-order valence-electron chi connectivity index (χ4n) is 2.00. The summed E-state index contributed by atoms with van der Waals surface area (Å²) in [7, 11) is 0. The molecule has 78 valence electrons. The number of hydrogen-bond acceptors (Lipinski definition) is 1. The van der Waals surface area contributed by atoms with Gasteiger partial charge in [0.05, 0.1) is 0 Å². The molecule has 0 aromatic heterocycles. The van der Waals surface area contributed by atoms with E-state index in [1.54, 1.807) is 0 Å². The van der Waals surface area contributed by atoms with Crippen LogP contribution in [0.5, 0.6) is 0 Å². The average Bonchev–Trinajstić information content (AvgIpc) is 2.19. The maximum absolute atomic E-state index is 2.44. The number of hydrogen-bond donors (Lipinski definition) is 0. The molecule has 13 heavy (non-hydrogen) atoms. The Balaban J connectivity index is 2.35. The number of rotatable bonds is 4. The third-order valence-electron chi connectivity index (χ3n) is 3.50. The Hall–Kier alpha value is 0.350. The van der Waals surface area contributed by atoms with Crippen LogP contribution in [0.4, 0.5) is 0 Å². The zero-order valence-electron chi connectivity index (χ0n) is 9.44. The van der Waals surface area contributed by atoms with E-state index in [1.165, 1.54) is 44.9 Å². The van der Waals surface area contributed by atoms with Gasteiger partial charge in [-0.25, -0.2) is 0 Å². The van der Waals surface area contributed by atoms with Crippen LogP contribution in [0.15, 0.2) is 0 Å². The maximum Gasteiger partial charge on any atom is 0.0129 e. The number of thioether (sulfide) groups is 1. The Bertz CT molecular complexity index is 132. The second-order valence-corrected chi connectivity index (χ2v) is 6.42. The normalized spacial score (nSPS) is 20.5. The van der Waals surface area contributed by atoms with Crippen LogP contribution in [-0.2, 0) is 0 Å². The summed E-state index contributed by atoms with van der Waals surface area (Å²) in [5.41, 5.74) is 0. The molecular weight excluding hydrogens is 176 g/mol. The summed E-state index contributed by atoms with van der Waals surface area (Å²) in [5, 5.41) is 0.971. The zero-order chi connectivity index (χ0) is 9.73. The molecule has 0 unspecified atom stereocenters. The molecule has 0 aromatic rings. The summed E-state index contributed by atoms with van der Waals surface area (Å²) in [5.74, 6) is 0. The van der Waals surface area contributed by atoms with E-state index in [0.29, 0.717) is 4.75 Å². The first-order valence-corrected chi connectivity index (χ1v) is 6.76. The van der Waals surface area contributed by atoms with Gasteiger partial charge in [-0.3, -0.25) is 0 Å². The minimum Gasteiger partial charge on any atom is -0.152 e. The summed E-state index contributed by atoms with van der Waals surface area (Å²) >= 11 is 2.27. The Morgan fingerprint density at radius 1 is 1.08 bits per heavy atom. The van der Waals surface area contributed by atoms with Crippen molar-refractivity contribution < 1.29 is 0 Å². The van der Waals surface area contributed by atoms with Crippen LogP contribution < -0.4 is 0 Å². The molecule has 0 spiro atoms. The molecule has 0 atom stereocenters. The molecule has 1 aliphatic carbocycles. The van der Waals surface area contributed by atoms with Gasteiger partial charge in [0.1, 0.15) is 0 Å². The molecule has 1 aliphatic rings. The third-order valence-corrected chi connectivity index (χ3v) is 5.45. The summed E-state index contributed by atoms with van der Waals surface area (Å²) in [6.07, 6.45) is 10.0. The van der Waals surface area contributed by atoms with Gasteiger partial charge in [-0.1, -0.05) is 40.0 Å². The Morgan fingerprint density at radius 3 is 2.08 bits per heavy atom. The van der Waals surface area contributed by atoms with Gasteiger partial charge < -0.3 is 0 Å². The molecular formula is C12H24S. The van der Waals surface area contributed by atoms with Crippen molar-refractivity contribution in [1.29, 1.82) is 0 Å². The molecule has 0 aromatic carbocycles. The van der Waals surface area contributed by atoms with Crippen molar-refractivity contribution in [2.75, 3.05) is 0 Å². The van der Waals surface area contributed by atoms with Crippen LogP contribution >= 0.6 is 11.8 Å². The van der Waals surface area contributed by atoms with Gasteiger partial charge in [0.25, 0.3) is 0 Å². The topological polar surface area (TPSA) is 0 Å². The lowest BCUT2D eigenvalue weighted by Crippen LogP contribution is -2.23. The second-order valence-electron chi connectivity index (χ2n) is 4.53. The Morgan fingerprint density at radius 2 is 1.62 bits per heavy atom. The molecule has 1 fully saturated rings. The van der Waals surface area contributed by atoms with Crippen LogP contribution in [-0.4, -0.2) is 10.00 Å². The summed E-state index contributed by atoms with van der Waals surface area (Å²) in [6.45, 7) is 7.10. The average molecular weight is 200 g/mol. The van der Waals surface area contributed by atoms with Crippen LogP contribution in [0, 0.1) is 0 Å². The quantitative estimate of drug-likeness (QED) is 0.637. The largest absolute Gasteiger partial charge is 0.152 e. The third kappa shape index (κ3) is 3.53. The fourth-order valence-corrected chi connectivity index (χ4v) is 3.71. The van der Waals surface area contributed by atoms with Crippen molar-refractivity contribution in [2.45, 2.75) is 75.7 Å². The van der Waals surface area contributed by atoms with Crippen LogP contribution in [0.25, 0.3) is 0 Å². The second kappa shape index (κ2) is 5.29. The van der Waals surface area contributed by atoms with Gasteiger partial charge >= 0.3 is 0 Å². The molecule has 0 bridgehead atoms. The standard InChI is InChI=1S/C12H24S/c1-4-12(3,5-2)13-11-9-7-6-8-10-11/h11H,4-10H2,1-3H3. The minimum absolute atomic E-state index is 0.558. The highest BCUT2D eigenvalue weighted by Gasteiger charge is 2.26. The molecule has 0 amide bonds. The predicted molar refractivity (Wildman–Crippen MR) is 63.5 cm³/mol. The van der Waals surface area contributed by atoms with Gasteiger partial charge in [0, 0.05) is 10.00 Å². The van der Waals surface area contributed by atoms with Crippen molar-refractivity contribution >= 4 is 11.8 Å². The lowest BCUT2D eigenvalue weighted by atomic mass is 10.0. The van der Waals surface area contributed by atoms with Crippen molar-refractivity contribution in [2.24, 2.45) is 0 Å². The minimum atomic E-state index is 0.558. The van der Waals surface area contributed by atoms with E-state index in [4.69, 9.17) is 0 Å². The first-order valence-electron chi connectivity index (χ1n) is 5.88. The van der Waals surface area contributed by atoms with Crippen molar-refractivity contribution in [3.05, 3.63) is 0 Å². The highest BCUT2D eigenvalue weighted by atomic mass is 32.2. The van der Waals surface area contributed by atoms with Crippen LogP contribution in [0.3, 0.4) is 0 Å². The highest BCUT2D eigenvalue weighted by molar-refractivity contribution is 8.01. The summed E-state index contributed by atoms with van der Waals surface area (Å²) in [6, 6.07) is 0. The molecule has 1 heteroatoms. The van der Waals surface area contributed by atoms with Gasteiger partial charge in [-0.2, -0.15) is 11.8 Å². The van der Waals surface area contributed by atoms with Crippen LogP contribution in [0.2, 0.25) is 0 Å². The molecule has 0 aliphatic heterocycles. The van der Waals surface area contributed by atoms with Crippen LogP contribution in [0.1, 0.15) is 65.7 Å². The molecule has 0 saturated heterocycles. The van der Waals surface area contributed by atoms with Gasteiger partial charge in [-0.15, -0.1) is 0 Å². The van der Waals surface area contributed by atoms with Crippen molar-refractivity contribution in [3.63, 3.8) is 0 Å². The Labute approximate surface area is 87.9 Å².